The van der Waals surface area contributed by atoms with Gasteiger partial charge in [-0.15, -0.1) is 0 Å². The zero-order chi connectivity index (χ0) is 14.9. The Morgan fingerprint density at radius 3 is 2.62 bits per heavy atom. The summed E-state index contributed by atoms with van der Waals surface area (Å²) in [7, 11) is -3.14. The summed E-state index contributed by atoms with van der Waals surface area (Å²) in [5.41, 5.74) is 0.825. The third-order valence-electron chi connectivity index (χ3n) is 4.21. The normalized spacial score (nSPS) is 29.7. The molecular weight excluding hydrogens is 290 g/mol. The number of anilines is 1. The highest BCUT2D eigenvalue weighted by molar-refractivity contribution is 7.90. The van der Waals surface area contributed by atoms with Gasteiger partial charge in [0.1, 0.15) is 0 Å². The minimum absolute atomic E-state index is 0.122. The van der Waals surface area contributed by atoms with E-state index in [4.69, 9.17) is 9.47 Å². The Labute approximate surface area is 125 Å². The number of sulfone groups is 1. The van der Waals surface area contributed by atoms with Crippen molar-refractivity contribution in [2.24, 2.45) is 0 Å². The average molecular weight is 311 g/mol. The van der Waals surface area contributed by atoms with Gasteiger partial charge in [-0.2, -0.15) is 0 Å². The van der Waals surface area contributed by atoms with Crippen LogP contribution < -0.4 is 5.32 Å². The molecule has 0 aromatic heterocycles. The van der Waals surface area contributed by atoms with Gasteiger partial charge in [0.05, 0.1) is 17.1 Å². The lowest BCUT2D eigenvalue weighted by Gasteiger charge is -2.37. The van der Waals surface area contributed by atoms with Gasteiger partial charge in [0.15, 0.2) is 9.84 Å². The van der Waals surface area contributed by atoms with Crippen molar-refractivity contribution in [3.05, 3.63) is 24.3 Å². The van der Waals surface area contributed by atoms with Gasteiger partial charge in [0.25, 0.3) is 0 Å². The molecule has 1 aromatic carbocycles. The molecule has 2 unspecified atom stereocenters. The number of hydrogen-bond donors (Lipinski definition) is 1. The van der Waals surface area contributed by atoms with Crippen molar-refractivity contribution in [3.63, 3.8) is 0 Å². The molecule has 2 fully saturated rings. The van der Waals surface area contributed by atoms with E-state index in [1.165, 1.54) is 6.26 Å². The molecule has 2 aliphatic rings. The highest BCUT2D eigenvalue weighted by Crippen LogP contribution is 2.34. The van der Waals surface area contributed by atoms with E-state index in [9.17, 15) is 8.42 Å². The molecule has 2 atom stereocenters. The molecular formula is C15H21NO4S. The molecule has 0 bridgehead atoms. The minimum Gasteiger partial charge on any atom is -0.382 e. The fraction of sp³-hybridized carbons (Fsp3) is 0.600. The van der Waals surface area contributed by atoms with Gasteiger partial charge in [-0.1, -0.05) is 0 Å². The van der Waals surface area contributed by atoms with E-state index in [1.54, 1.807) is 12.1 Å². The van der Waals surface area contributed by atoms with Crippen molar-refractivity contribution in [3.8, 4) is 0 Å². The summed E-state index contributed by atoms with van der Waals surface area (Å²) < 4.78 is 34.3. The van der Waals surface area contributed by atoms with Crippen LogP contribution in [-0.4, -0.2) is 46.1 Å². The quantitative estimate of drug-likeness (QED) is 0.923. The van der Waals surface area contributed by atoms with E-state index < -0.39 is 9.84 Å². The summed E-state index contributed by atoms with van der Waals surface area (Å²) in [6, 6.07) is 7.27. The summed E-state index contributed by atoms with van der Waals surface area (Å²) in [6.07, 6.45) is 4.06. The van der Waals surface area contributed by atoms with E-state index in [2.05, 4.69) is 5.32 Å². The maximum atomic E-state index is 11.5. The number of nitrogens with one attached hydrogen (secondary N) is 1. The standard InChI is InChI=1S/C15H21NO4S/c1-21(17,18)14-4-2-12(3-5-14)16-13-6-8-20-15(10-13)7-9-19-11-15/h2-5,13,16H,6-11H2,1H3. The fourth-order valence-corrected chi connectivity index (χ4v) is 3.68. The molecule has 0 radical (unpaired) electrons. The van der Waals surface area contributed by atoms with Gasteiger partial charge in [-0.25, -0.2) is 8.42 Å². The van der Waals surface area contributed by atoms with Crippen LogP contribution in [0.2, 0.25) is 0 Å². The van der Waals surface area contributed by atoms with Gasteiger partial charge < -0.3 is 14.8 Å². The van der Waals surface area contributed by atoms with Gasteiger partial charge in [-0.05, 0) is 37.1 Å². The number of benzene rings is 1. The van der Waals surface area contributed by atoms with Crippen LogP contribution in [0.4, 0.5) is 5.69 Å². The molecule has 21 heavy (non-hydrogen) atoms. The van der Waals surface area contributed by atoms with Crippen molar-refractivity contribution in [2.45, 2.75) is 35.8 Å². The Balaban J connectivity index is 1.66. The van der Waals surface area contributed by atoms with Crippen LogP contribution in [0.15, 0.2) is 29.2 Å². The van der Waals surface area contributed by atoms with Crippen molar-refractivity contribution < 1.29 is 17.9 Å². The van der Waals surface area contributed by atoms with Crippen molar-refractivity contribution in [2.75, 3.05) is 31.4 Å². The summed E-state index contributed by atoms with van der Waals surface area (Å²) in [4.78, 5) is 0.348. The predicted molar refractivity (Wildman–Crippen MR) is 80.3 cm³/mol. The number of rotatable bonds is 3. The highest BCUT2D eigenvalue weighted by Gasteiger charge is 2.40. The van der Waals surface area contributed by atoms with Gasteiger partial charge in [-0.3, -0.25) is 0 Å². The lowest BCUT2D eigenvalue weighted by Crippen LogP contribution is -2.44. The monoisotopic (exact) mass is 311 g/mol. The number of hydrogen-bond acceptors (Lipinski definition) is 5. The third kappa shape index (κ3) is 3.39. The topological polar surface area (TPSA) is 64.6 Å². The predicted octanol–water partition coefficient (Wildman–Crippen LogP) is 1.84. The Kier molecular flexibility index (Phi) is 3.94. The molecule has 0 amide bonds. The zero-order valence-electron chi connectivity index (χ0n) is 12.2. The van der Waals surface area contributed by atoms with Crippen LogP contribution in [0.1, 0.15) is 19.3 Å². The van der Waals surface area contributed by atoms with Crippen molar-refractivity contribution in [1.82, 2.24) is 0 Å². The highest BCUT2D eigenvalue weighted by atomic mass is 32.2. The van der Waals surface area contributed by atoms with Crippen LogP contribution in [0.5, 0.6) is 0 Å². The molecule has 2 saturated heterocycles. The molecule has 0 aliphatic carbocycles. The lowest BCUT2D eigenvalue weighted by atomic mass is 9.89. The van der Waals surface area contributed by atoms with Crippen LogP contribution in [0.3, 0.4) is 0 Å². The maximum Gasteiger partial charge on any atom is 0.175 e. The molecule has 6 heteroatoms. The van der Waals surface area contributed by atoms with Gasteiger partial charge in [0, 0.05) is 37.6 Å². The maximum absolute atomic E-state index is 11.5. The van der Waals surface area contributed by atoms with Crippen LogP contribution in [-0.2, 0) is 19.3 Å². The second kappa shape index (κ2) is 5.59. The molecule has 1 spiro atoms. The Bertz CT molecular complexity index is 591. The molecule has 5 nitrogen and oxygen atoms in total. The largest absolute Gasteiger partial charge is 0.382 e. The van der Waals surface area contributed by atoms with Crippen LogP contribution >= 0.6 is 0 Å². The fourth-order valence-electron chi connectivity index (χ4n) is 3.05. The van der Waals surface area contributed by atoms with Crippen LogP contribution in [0.25, 0.3) is 0 Å². The molecule has 2 aliphatic heterocycles. The Morgan fingerprint density at radius 2 is 2.00 bits per heavy atom. The Hall–Kier alpha value is -1.11. The molecule has 0 saturated carbocycles. The van der Waals surface area contributed by atoms with Gasteiger partial charge in [0.2, 0.25) is 0 Å². The minimum atomic E-state index is -3.14. The van der Waals surface area contributed by atoms with E-state index in [0.717, 1.165) is 38.2 Å². The smallest absolute Gasteiger partial charge is 0.175 e. The number of ether oxygens (including phenoxy) is 2. The molecule has 1 N–H and O–H groups in total. The average Bonchev–Trinajstić information content (AvgIpc) is 2.86. The SMILES string of the molecule is CS(=O)(=O)c1ccc(NC2CCOC3(CCOC3)C2)cc1. The van der Waals surface area contributed by atoms with E-state index in [-0.39, 0.29) is 5.60 Å². The molecule has 1 aromatic rings. The summed E-state index contributed by atoms with van der Waals surface area (Å²) >= 11 is 0. The Morgan fingerprint density at radius 1 is 1.24 bits per heavy atom. The van der Waals surface area contributed by atoms with Gasteiger partial charge >= 0.3 is 0 Å². The molecule has 2 heterocycles. The lowest BCUT2D eigenvalue weighted by molar-refractivity contribution is -0.0828. The summed E-state index contributed by atoms with van der Waals surface area (Å²) in [6.45, 7) is 2.19. The van der Waals surface area contributed by atoms with E-state index in [0.29, 0.717) is 17.5 Å². The second-order valence-corrected chi connectivity index (χ2v) is 7.98. The van der Waals surface area contributed by atoms with E-state index in [1.807, 2.05) is 12.1 Å². The van der Waals surface area contributed by atoms with Crippen molar-refractivity contribution in [1.29, 1.82) is 0 Å². The first kappa shape index (κ1) is 14.8. The first-order valence-corrected chi connectivity index (χ1v) is 9.14. The van der Waals surface area contributed by atoms with Crippen LogP contribution in [0, 0.1) is 0 Å². The molecule has 3 rings (SSSR count). The zero-order valence-corrected chi connectivity index (χ0v) is 13.0. The van der Waals surface area contributed by atoms with Crippen molar-refractivity contribution >= 4 is 15.5 Å². The summed E-state index contributed by atoms with van der Waals surface area (Å²) in [5.74, 6) is 0. The third-order valence-corrected chi connectivity index (χ3v) is 5.34. The second-order valence-electron chi connectivity index (χ2n) is 5.96. The van der Waals surface area contributed by atoms with E-state index >= 15 is 0 Å². The summed E-state index contributed by atoms with van der Waals surface area (Å²) in [5, 5.41) is 3.48. The first-order valence-electron chi connectivity index (χ1n) is 7.25. The molecule has 116 valence electrons. The first-order chi connectivity index (χ1) is 9.97.